The van der Waals surface area contributed by atoms with Crippen molar-refractivity contribution >= 4 is 29.0 Å². The summed E-state index contributed by atoms with van der Waals surface area (Å²) in [5.41, 5.74) is 9.42. The molecule has 0 radical (unpaired) electrons. The lowest BCUT2D eigenvalue weighted by Gasteiger charge is -2.12. The van der Waals surface area contributed by atoms with Crippen molar-refractivity contribution in [2.75, 3.05) is 0 Å². The molecule has 3 N–H and O–H groups in total. The number of aryl methyl sites for hydroxylation is 1. The van der Waals surface area contributed by atoms with Crippen molar-refractivity contribution in [3.05, 3.63) is 53.4 Å². The van der Waals surface area contributed by atoms with Gasteiger partial charge in [-0.25, -0.2) is 4.79 Å². The van der Waals surface area contributed by atoms with E-state index in [1.807, 2.05) is 35.0 Å². The van der Waals surface area contributed by atoms with Crippen LogP contribution < -0.4 is 5.73 Å². The molecule has 0 saturated heterocycles. The number of rotatable bonds is 3. The summed E-state index contributed by atoms with van der Waals surface area (Å²) in [6, 6.07) is 3.66. The van der Waals surface area contributed by atoms with Crippen LogP contribution >= 0.6 is 0 Å². The molecule has 1 aliphatic rings. The Balaban J connectivity index is 2.29. The van der Waals surface area contributed by atoms with E-state index < -0.39 is 11.9 Å². The van der Waals surface area contributed by atoms with Gasteiger partial charge in [0.25, 0.3) is 0 Å². The molecular formula is C16H14N2O3. The van der Waals surface area contributed by atoms with E-state index in [0.29, 0.717) is 5.57 Å². The van der Waals surface area contributed by atoms with E-state index in [1.54, 1.807) is 0 Å². The van der Waals surface area contributed by atoms with Gasteiger partial charge in [0.2, 0.25) is 5.91 Å². The van der Waals surface area contributed by atoms with Gasteiger partial charge in [0, 0.05) is 29.6 Å². The average Bonchev–Trinajstić information content (AvgIpc) is 2.83. The zero-order valence-corrected chi connectivity index (χ0v) is 11.2. The first-order valence-electron chi connectivity index (χ1n) is 6.62. The fourth-order valence-electron chi connectivity index (χ4n) is 2.79. The molecule has 2 aromatic rings. The largest absolute Gasteiger partial charge is 0.478 e. The molecule has 1 amide bonds. The molecule has 0 fully saturated rings. The maximum absolute atomic E-state index is 11.7. The second-order valence-corrected chi connectivity index (χ2v) is 4.94. The van der Waals surface area contributed by atoms with E-state index in [0.717, 1.165) is 41.1 Å². The molecule has 0 unspecified atom stereocenters. The molecule has 0 spiro atoms. The molecule has 2 heterocycles. The maximum Gasteiger partial charge on any atom is 0.328 e. The first-order valence-corrected chi connectivity index (χ1v) is 6.62. The van der Waals surface area contributed by atoms with Gasteiger partial charge in [0.05, 0.1) is 5.52 Å². The molecule has 5 heteroatoms. The van der Waals surface area contributed by atoms with E-state index in [1.165, 1.54) is 6.08 Å². The smallest absolute Gasteiger partial charge is 0.328 e. The summed E-state index contributed by atoms with van der Waals surface area (Å²) >= 11 is 0. The van der Waals surface area contributed by atoms with E-state index in [9.17, 15) is 9.59 Å². The normalized spacial score (nSPS) is 14.2. The number of carboxylic acids is 1. The Morgan fingerprint density at radius 2 is 2.19 bits per heavy atom. The number of fused-ring (bicyclic) bond motifs is 3. The van der Waals surface area contributed by atoms with Crippen molar-refractivity contribution in [1.82, 2.24) is 4.40 Å². The minimum atomic E-state index is -1.01. The molecule has 0 atom stereocenters. The minimum Gasteiger partial charge on any atom is -0.478 e. The highest BCUT2D eigenvalue weighted by molar-refractivity contribution is 6.22. The predicted octanol–water partition coefficient (Wildman–Crippen LogP) is 1.85. The van der Waals surface area contributed by atoms with E-state index in [-0.39, 0.29) is 0 Å². The monoisotopic (exact) mass is 282 g/mol. The van der Waals surface area contributed by atoms with Crippen LogP contribution in [-0.2, 0) is 16.0 Å². The van der Waals surface area contributed by atoms with Crippen LogP contribution in [0.25, 0.3) is 17.2 Å². The number of carbonyl (C=O) groups excluding carboxylic acids is 1. The summed E-state index contributed by atoms with van der Waals surface area (Å²) in [6.45, 7) is 0. The van der Waals surface area contributed by atoms with E-state index >= 15 is 0 Å². The van der Waals surface area contributed by atoms with Crippen molar-refractivity contribution < 1.29 is 14.7 Å². The number of nitrogens with zero attached hydrogens (tertiary/aromatic N) is 1. The van der Waals surface area contributed by atoms with Gasteiger partial charge in [-0.15, -0.1) is 0 Å². The average molecular weight is 282 g/mol. The van der Waals surface area contributed by atoms with Crippen LogP contribution in [0, 0.1) is 0 Å². The third-order valence-corrected chi connectivity index (χ3v) is 3.61. The van der Waals surface area contributed by atoms with Crippen LogP contribution in [0.2, 0.25) is 0 Å². The summed E-state index contributed by atoms with van der Waals surface area (Å²) in [5, 5.41) is 8.80. The highest BCUT2D eigenvalue weighted by Crippen LogP contribution is 2.33. The Labute approximate surface area is 121 Å². The molecular weight excluding hydrogens is 268 g/mol. The second kappa shape index (κ2) is 4.94. The molecule has 21 heavy (non-hydrogen) atoms. The van der Waals surface area contributed by atoms with E-state index in [4.69, 9.17) is 10.8 Å². The standard InChI is InChI=1S/C16H14N2O3/c17-16(21)12-5-1-3-11-9-18-8-2-4-10(6-7-13(19)20)15(18)14(11)12/h2,4-9H,1,3H2,(H2,17,21)(H,19,20)/b7-6-. The number of aliphatic carboxylic acids is 1. The topological polar surface area (TPSA) is 84.8 Å². The van der Waals surface area contributed by atoms with Gasteiger partial charge in [0.15, 0.2) is 0 Å². The molecule has 2 aromatic heterocycles. The minimum absolute atomic E-state index is 0.457. The van der Waals surface area contributed by atoms with Gasteiger partial charge in [-0.1, -0.05) is 12.1 Å². The van der Waals surface area contributed by atoms with Crippen molar-refractivity contribution in [3.63, 3.8) is 0 Å². The lowest BCUT2D eigenvalue weighted by atomic mass is 9.92. The Bertz CT molecular complexity index is 812. The molecule has 0 saturated carbocycles. The van der Waals surface area contributed by atoms with Gasteiger partial charge < -0.3 is 15.2 Å². The Morgan fingerprint density at radius 3 is 2.90 bits per heavy atom. The number of nitrogens with two attached hydrogens (primary N) is 1. The van der Waals surface area contributed by atoms with Gasteiger partial charge in [-0.3, -0.25) is 4.79 Å². The highest BCUT2D eigenvalue weighted by Gasteiger charge is 2.22. The number of primary amides is 1. The van der Waals surface area contributed by atoms with Crippen LogP contribution in [0.3, 0.4) is 0 Å². The van der Waals surface area contributed by atoms with Gasteiger partial charge in [0.1, 0.15) is 0 Å². The fraction of sp³-hybridized carbons (Fsp3) is 0.125. The summed E-state index contributed by atoms with van der Waals surface area (Å²) in [7, 11) is 0. The number of carboxylic acid groups (broad SMARTS) is 1. The van der Waals surface area contributed by atoms with Crippen LogP contribution in [-0.4, -0.2) is 21.4 Å². The Kier molecular flexibility index (Phi) is 3.10. The molecule has 3 rings (SSSR count). The molecule has 0 bridgehead atoms. The van der Waals surface area contributed by atoms with Crippen LogP contribution in [0.5, 0.6) is 0 Å². The Morgan fingerprint density at radius 1 is 1.38 bits per heavy atom. The molecule has 1 aliphatic carbocycles. The summed E-state index contributed by atoms with van der Waals surface area (Å²) in [4.78, 5) is 22.4. The van der Waals surface area contributed by atoms with Gasteiger partial charge >= 0.3 is 5.97 Å². The Hall–Kier alpha value is -2.82. The van der Waals surface area contributed by atoms with Crippen LogP contribution in [0.4, 0.5) is 0 Å². The predicted molar refractivity (Wildman–Crippen MR) is 79.6 cm³/mol. The number of aromatic nitrogens is 1. The summed E-state index contributed by atoms with van der Waals surface area (Å²) in [5.74, 6) is -1.47. The third kappa shape index (κ3) is 2.23. The van der Waals surface area contributed by atoms with Crippen molar-refractivity contribution in [2.24, 2.45) is 5.73 Å². The molecule has 5 nitrogen and oxygen atoms in total. The number of allylic oxidation sites excluding steroid dienone is 1. The van der Waals surface area contributed by atoms with Crippen molar-refractivity contribution in [1.29, 1.82) is 0 Å². The highest BCUT2D eigenvalue weighted by atomic mass is 16.4. The van der Waals surface area contributed by atoms with Crippen LogP contribution in [0.1, 0.15) is 23.1 Å². The van der Waals surface area contributed by atoms with Crippen LogP contribution in [0.15, 0.2) is 36.7 Å². The molecule has 0 aromatic carbocycles. The number of pyridine rings is 1. The molecule has 0 aliphatic heterocycles. The van der Waals surface area contributed by atoms with Gasteiger partial charge in [-0.2, -0.15) is 0 Å². The lowest BCUT2D eigenvalue weighted by molar-refractivity contribution is -0.131. The zero-order valence-electron chi connectivity index (χ0n) is 11.2. The SMILES string of the molecule is NC(=O)C1=CCCc2cn3cccc(/C=C\C(=O)O)c3c21. The van der Waals surface area contributed by atoms with Gasteiger partial charge in [-0.05, 0) is 36.1 Å². The maximum atomic E-state index is 11.7. The quantitative estimate of drug-likeness (QED) is 0.842. The third-order valence-electron chi connectivity index (χ3n) is 3.61. The first-order chi connectivity index (χ1) is 10.1. The number of carbonyl (C=O) groups is 2. The van der Waals surface area contributed by atoms with E-state index in [2.05, 4.69) is 0 Å². The summed E-state index contributed by atoms with van der Waals surface area (Å²) in [6.07, 6.45) is 9.94. The second-order valence-electron chi connectivity index (χ2n) is 4.94. The fourth-order valence-corrected chi connectivity index (χ4v) is 2.79. The number of hydrogen-bond acceptors (Lipinski definition) is 2. The molecule has 106 valence electrons. The number of amides is 1. The van der Waals surface area contributed by atoms with Crippen molar-refractivity contribution in [3.8, 4) is 0 Å². The summed E-state index contributed by atoms with van der Waals surface area (Å²) < 4.78 is 1.91. The van der Waals surface area contributed by atoms with Crippen molar-refractivity contribution in [2.45, 2.75) is 12.8 Å². The first kappa shape index (κ1) is 13.2. The number of hydrogen-bond donors (Lipinski definition) is 2. The lowest BCUT2D eigenvalue weighted by Crippen LogP contribution is -2.15. The zero-order chi connectivity index (χ0) is 15.0.